The van der Waals surface area contributed by atoms with Crippen molar-refractivity contribution in [1.29, 1.82) is 0 Å². The van der Waals surface area contributed by atoms with Crippen LogP contribution in [0.4, 0.5) is 32.0 Å². The number of anilines is 1. The lowest BCUT2D eigenvalue weighted by molar-refractivity contribution is -0.105. The van der Waals surface area contributed by atoms with Crippen LogP contribution in [0.2, 0.25) is 0 Å². The van der Waals surface area contributed by atoms with Crippen molar-refractivity contribution in [1.82, 2.24) is 4.31 Å². The van der Waals surface area contributed by atoms with E-state index in [2.05, 4.69) is 0 Å². The third kappa shape index (κ3) is 5.13. The maximum Gasteiger partial charge on any atom is 0.400 e. The van der Waals surface area contributed by atoms with E-state index in [0.29, 0.717) is 4.31 Å². The molecule has 13 heteroatoms. The largest absolute Gasteiger partial charge is 0.400 e. The van der Waals surface area contributed by atoms with E-state index in [1.807, 2.05) is 0 Å². The number of rotatable bonds is 5. The molecule has 2 rings (SSSR count). The van der Waals surface area contributed by atoms with Gasteiger partial charge in [0.2, 0.25) is 0 Å². The van der Waals surface area contributed by atoms with Crippen molar-refractivity contribution < 1.29 is 39.0 Å². The number of halogens is 6. The molecule has 0 saturated carbocycles. The molecule has 27 heavy (non-hydrogen) atoms. The first-order valence-corrected chi connectivity index (χ1v) is 10.4. The average molecular weight is 438 g/mol. The zero-order chi connectivity index (χ0) is 20.6. The smallest absolute Gasteiger partial charge is 0.366 e. The van der Waals surface area contributed by atoms with Gasteiger partial charge in [0.25, 0.3) is 10.0 Å². The van der Waals surface area contributed by atoms with Crippen LogP contribution < -0.4 is 4.90 Å². The van der Waals surface area contributed by atoms with Crippen molar-refractivity contribution in [3.8, 4) is 0 Å². The van der Waals surface area contributed by atoms with Gasteiger partial charge in [-0.2, -0.15) is 26.3 Å². The topological polar surface area (TPSA) is 57.7 Å². The average Bonchev–Trinajstić information content (AvgIpc) is 2.53. The van der Waals surface area contributed by atoms with Crippen LogP contribution in [0.3, 0.4) is 0 Å². The molecule has 1 aromatic rings. The SMILES string of the molecule is Cc1cc(F)c(N2CCN(S(=O)(=O)C(F)F)CC2)cc1S(=O)CC(F)(F)F. The van der Waals surface area contributed by atoms with E-state index < -0.39 is 44.3 Å². The predicted octanol–water partition coefficient (Wildman–Crippen LogP) is 2.48. The lowest BCUT2D eigenvalue weighted by atomic mass is 10.2. The van der Waals surface area contributed by atoms with Crippen LogP contribution in [0.1, 0.15) is 5.56 Å². The zero-order valence-corrected chi connectivity index (χ0v) is 15.6. The molecule has 154 valence electrons. The zero-order valence-electron chi connectivity index (χ0n) is 14.0. The van der Waals surface area contributed by atoms with Gasteiger partial charge in [-0.1, -0.05) is 0 Å². The minimum absolute atomic E-state index is 0.0812. The van der Waals surface area contributed by atoms with Gasteiger partial charge in [0.1, 0.15) is 11.6 Å². The van der Waals surface area contributed by atoms with Crippen LogP contribution in [-0.2, 0) is 20.8 Å². The van der Waals surface area contributed by atoms with E-state index in [1.54, 1.807) is 0 Å². The Labute approximate surface area is 154 Å². The molecule has 0 spiro atoms. The van der Waals surface area contributed by atoms with Gasteiger partial charge in [0, 0.05) is 31.1 Å². The summed E-state index contributed by atoms with van der Waals surface area (Å²) in [4.78, 5) is 1.13. The van der Waals surface area contributed by atoms with Gasteiger partial charge in [-0.05, 0) is 24.6 Å². The molecular weight excluding hydrogens is 422 g/mol. The van der Waals surface area contributed by atoms with E-state index in [-0.39, 0.29) is 42.3 Å². The fourth-order valence-electron chi connectivity index (χ4n) is 2.65. The van der Waals surface area contributed by atoms with Gasteiger partial charge >= 0.3 is 11.9 Å². The molecule has 1 unspecified atom stereocenters. The van der Waals surface area contributed by atoms with Crippen molar-refractivity contribution in [3.05, 3.63) is 23.5 Å². The summed E-state index contributed by atoms with van der Waals surface area (Å²) in [6, 6.07) is 1.98. The second-order valence-electron chi connectivity index (χ2n) is 5.87. The first-order valence-electron chi connectivity index (χ1n) is 7.60. The van der Waals surface area contributed by atoms with Crippen LogP contribution >= 0.6 is 0 Å². The number of alkyl halides is 5. The number of piperazine rings is 1. The molecule has 1 aromatic carbocycles. The predicted molar refractivity (Wildman–Crippen MR) is 87.2 cm³/mol. The van der Waals surface area contributed by atoms with E-state index in [9.17, 15) is 39.0 Å². The molecule has 0 bridgehead atoms. The van der Waals surface area contributed by atoms with E-state index in [0.717, 1.165) is 12.1 Å². The van der Waals surface area contributed by atoms with Crippen molar-refractivity contribution in [2.75, 3.05) is 36.8 Å². The summed E-state index contributed by atoms with van der Waals surface area (Å²) >= 11 is 0. The number of hydrogen-bond acceptors (Lipinski definition) is 4. The summed E-state index contributed by atoms with van der Waals surface area (Å²) in [6.45, 7) is 0.375. The first-order chi connectivity index (χ1) is 12.3. The molecule has 0 aromatic heterocycles. The molecule has 5 nitrogen and oxygen atoms in total. The molecule has 0 N–H and O–H groups in total. The highest BCUT2D eigenvalue weighted by atomic mass is 32.2. The summed E-state index contributed by atoms with van der Waals surface area (Å²) in [6.07, 6.45) is -4.67. The van der Waals surface area contributed by atoms with Crippen LogP contribution in [-0.4, -0.2) is 60.8 Å². The summed E-state index contributed by atoms with van der Waals surface area (Å²) < 4.78 is 112. The van der Waals surface area contributed by atoms with Gasteiger partial charge in [0.05, 0.1) is 16.5 Å². The summed E-state index contributed by atoms with van der Waals surface area (Å²) in [5.41, 5.74) is -0.0713. The van der Waals surface area contributed by atoms with Gasteiger partial charge < -0.3 is 4.90 Å². The van der Waals surface area contributed by atoms with Crippen LogP contribution in [0.25, 0.3) is 0 Å². The highest BCUT2D eigenvalue weighted by Gasteiger charge is 2.35. The Hall–Kier alpha value is -1.34. The third-order valence-corrected chi connectivity index (χ3v) is 7.00. The maximum absolute atomic E-state index is 14.3. The minimum Gasteiger partial charge on any atom is -0.366 e. The van der Waals surface area contributed by atoms with Crippen molar-refractivity contribution in [2.24, 2.45) is 0 Å². The number of nitrogens with zero attached hydrogens (tertiary/aromatic N) is 2. The molecule has 1 aliphatic heterocycles. The Bertz CT molecular complexity index is 821. The molecular formula is C14H16F6N2O3S2. The molecule has 0 amide bonds. The highest BCUT2D eigenvalue weighted by Crippen LogP contribution is 2.29. The van der Waals surface area contributed by atoms with Crippen LogP contribution in [0.15, 0.2) is 17.0 Å². The van der Waals surface area contributed by atoms with Gasteiger partial charge in [-0.3, -0.25) is 4.21 Å². The van der Waals surface area contributed by atoms with Gasteiger partial charge in [-0.15, -0.1) is 0 Å². The number of sulfonamides is 1. The Morgan fingerprint density at radius 3 is 2.19 bits per heavy atom. The number of aryl methyl sites for hydroxylation is 1. The fraction of sp³-hybridized carbons (Fsp3) is 0.571. The van der Waals surface area contributed by atoms with Crippen molar-refractivity contribution in [2.45, 2.75) is 23.8 Å². The minimum atomic E-state index is -4.76. The van der Waals surface area contributed by atoms with E-state index >= 15 is 0 Å². The Balaban J connectivity index is 2.23. The third-order valence-electron chi connectivity index (χ3n) is 3.95. The second-order valence-corrected chi connectivity index (χ2v) is 9.19. The molecule has 1 fully saturated rings. The number of benzene rings is 1. The lowest BCUT2D eigenvalue weighted by Crippen LogP contribution is -2.50. The van der Waals surface area contributed by atoms with E-state index in [4.69, 9.17) is 0 Å². The summed E-state index contributed by atoms with van der Waals surface area (Å²) in [5, 5.41) is 0. The fourth-order valence-corrected chi connectivity index (χ4v) is 4.66. The maximum atomic E-state index is 14.3. The van der Waals surface area contributed by atoms with Gasteiger partial charge in [0.15, 0.2) is 0 Å². The first kappa shape index (κ1) is 22.0. The quantitative estimate of drug-likeness (QED) is 0.663. The Kier molecular flexibility index (Phi) is 6.47. The number of hydrogen-bond donors (Lipinski definition) is 0. The van der Waals surface area contributed by atoms with E-state index in [1.165, 1.54) is 11.8 Å². The standard InChI is InChI=1S/C14H16F6N2O3S2/c1-9-6-10(15)11(7-12(9)26(23)8-14(18,19)20)21-2-4-22(5-3-21)27(24,25)13(16)17/h6-7,13H,2-5,8H2,1H3. The molecule has 1 heterocycles. The summed E-state index contributed by atoms with van der Waals surface area (Å²) in [7, 11) is -7.20. The molecule has 1 saturated heterocycles. The molecule has 1 atom stereocenters. The monoisotopic (exact) mass is 438 g/mol. The molecule has 0 aliphatic carbocycles. The van der Waals surface area contributed by atoms with Gasteiger partial charge in [-0.25, -0.2) is 12.8 Å². The highest BCUT2D eigenvalue weighted by molar-refractivity contribution is 7.89. The Morgan fingerprint density at radius 2 is 1.70 bits per heavy atom. The van der Waals surface area contributed by atoms with Crippen molar-refractivity contribution in [3.63, 3.8) is 0 Å². The normalized spacial score (nSPS) is 18.1. The lowest BCUT2D eigenvalue weighted by Gasteiger charge is -2.35. The van der Waals surface area contributed by atoms with Crippen molar-refractivity contribution >= 4 is 26.5 Å². The summed E-state index contributed by atoms with van der Waals surface area (Å²) in [5.74, 6) is -5.94. The molecule has 0 radical (unpaired) electrons. The molecule has 1 aliphatic rings. The van der Waals surface area contributed by atoms with Crippen LogP contribution in [0, 0.1) is 12.7 Å². The van der Waals surface area contributed by atoms with Crippen LogP contribution in [0.5, 0.6) is 0 Å². The second kappa shape index (κ2) is 7.95. The Morgan fingerprint density at radius 1 is 1.15 bits per heavy atom.